The molecular weight excluding hydrogens is 246 g/mol. The predicted octanol–water partition coefficient (Wildman–Crippen LogP) is 3.23. The first kappa shape index (κ1) is 15.5. The van der Waals surface area contributed by atoms with Crippen LogP contribution in [-0.4, -0.2) is 34.3 Å². The van der Waals surface area contributed by atoms with Gasteiger partial charge in [0.2, 0.25) is 11.8 Å². The molecule has 0 aromatic heterocycles. The van der Waals surface area contributed by atoms with Crippen LogP contribution in [0.15, 0.2) is 0 Å². The molecule has 0 aromatic carbocycles. The third-order valence-corrected chi connectivity index (χ3v) is 4.55. The summed E-state index contributed by atoms with van der Waals surface area (Å²) in [7, 11) is 0. The molecule has 0 saturated carbocycles. The molecule has 0 radical (unpaired) electrons. The van der Waals surface area contributed by atoms with Crippen molar-refractivity contribution < 1.29 is 9.59 Å². The highest BCUT2D eigenvalue weighted by Gasteiger charge is 2.37. The number of rotatable bonds is 9. The van der Waals surface area contributed by atoms with Crippen LogP contribution in [0.25, 0.3) is 0 Å². The van der Waals surface area contributed by atoms with Crippen LogP contribution in [0, 0.1) is 0 Å². The normalized spacial score (nSPS) is 19.9. The lowest BCUT2D eigenvalue weighted by Crippen LogP contribution is -2.32. The van der Waals surface area contributed by atoms with Crippen molar-refractivity contribution in [3.05, 3.63) is 0 Å². The number of amides is 2. The highest BCUT2D eigenvalue weighted by atomic mass is 32.2. The van der Waals surface area contributed by atoms with Crippen LogP contribution in [0.5, 0.6) is 0 Å². The lowest BCUT2D eigenvalue weighted by molar-refractivity contribution is -0.138. The van der Waals surface area contributed by atoms with Crippen molar-refractivity contribution in [2.24, 2.45) is 0 Å². The number of carbonyl (C=O) groups is 2. The highest BCUT2D eigenvalue weighted by molar-refractivity contribution is 8.00. The van der Waals surface area contributed by atoms with E-state index in [2.05, 4.69) is 13.8 Å². The Kier molecular flexibility index (Phi) is 7.40. The first-order valence-corrected chi connectivity index (χ1v) is 8.21. The van der Waals surface area contributed by atoms with Gasteiger partial charge >= 0.3 is 0 Å². The van der Waals surface area contributed by atoms with Crippen LogP contribution in [0.2, 0.25) is 0 Å². The molecular formula is C14H25NO2S. The van der Waals surface area contributed by atoms with Crippen molar-refractivity contribution in [2.45, 2.75) is 64.0 Å². The Morgan fingerprint density at radius 2 is 1.83 bits per heavy atom. The molecule has 2 amide bonds. The monoisotopic (exact) mass is 271 g/mol. The summed E-state index contributed by atoms with van der Waals surface area (Å²) in [6, 6.07) is 0. The SMILES string of the molecule is CCCCCCSC1CC(=O)N(CCCC)C1=O. The lowest BCUT2D eigenvalue weighted by Gasteiger charge is -2.13. The van der Waals surface area contributed by atoms with E-state index in [0.717, 1.165) is 25.0 Å². The fraction of sp³-hybridized carbons (Fsp3) is 0.857. The minimum atomic E-state index is -0.101. The van der Waals surface area contributed by atoms with Crippen molar-refractivity contribution in [2.75, 3.05) is 12.3 Å². The second-order valence-electron chi connectivity index (χ2n) is 4.86. The molecule has 0 bridgehead atoms. The molecule has 1 heterocycles. The Balaban J connectivity index is 2.27. The molecule has 1 aliphatic heterocycles. The number of imide groups is 1. The summed E-state index contributed by atoms with van der Waals surface area (Å²) in [5.41, 5.74) is 0. The molecule has 1 rings (SSSR count). The Morgan fingerprint density at radius 3 is 2.50 bits per heavy atom. The van der Waals surface area contributed by atoms with Crippen LogP contribution in [-0.2, 0) is 9.59 Å². The standard InChI is InChI=1S/C14H25NO2S/c1-3-5-7-8-10-18-12-11-13(16)15(14(12)17)9-6-4-2/h12H,3-11H2,1-2H3. The minimum absolute atomic E-state index is 0.0273. The average Bonchev–Trinajstić information content (AvgIpc) is 2.62. The largest absolute Gasteiger partial charge is 0.282 e. The smallest absolute Gasteiger partial charge is 0.242 e. The van der Waals surface area contributed by atoms with Gasteiger partial charge in [0.25, 0.3) is 0 Å². The molecule has 1 atom stereocenters. The number of likely N-dealkylation sites (tertiary alicyclic amines) is 1. The maximum Gasteiger partial charge on any atom is 0.242 e. The van der Waals surface area contributed by atoms with Crippen molar-refractivity contribution in [1.29, 1.82) is 0 Å². The number of hydrogen-bond acceptors (Lipinski definition) is 3. The Labute approximate surface area is 115 Å². The average molecular weight is 271 g/mol. The van der Waals surface area contributed by atoms with Crippen LogP contribution >= 0.6 is 11.8 Å². The number of hydrogen-bond donors (Lipinski definition) is 0. The molecule has 0 N–H and O–H groups in total. The molecule has 0 aromatic rings. The fourth-order valence-electron chi connectivity index (χ4n) is 2.09. The van der Waals surface area contributed by atoms with Gasteiger partial charge in [0.1, 0.15) is 0 Å². The van der Waals surface area contributed by atoms with E-state index in [1.165, 1.54) is 24.2 Å². The zero-order valence-corrected chi connectivity index (χ0v) is 12.4. The van der Waals surface area contributed by atoms with E-state index in [9.17, 15) is 9.59 Å². The molecule has 104 valence electrons. The zero-order chi connectivity index (χ0) is 13.4. The molecule has 1 fully saturated rings. The molecule has 1 saturated heterocycles. The third-order valence-electron chi connectivity index (χ3n) is 3.25. The lowest BCUT2D eigenvalue weighted by atomic mass is 10.2. The highest BCUT2D eigenvalue weighted by Crippen LogP contribution is 2.26. The van der Waals surface area contributed by atoms with E-state index in [4.69, 9.17) is 0 Å². The third kappa shape index (κ3) is 4.63. The maximum absolute atomic E-state index is 12.0. The second-order valence-corrected chi connectivity index (χ2v) is 6.17. The van der Waals surface area contributed by atoms with Gasteiger partial charge in [0.15, 0.2) is 0 Å². The minimum Gasteiger partial charge on any atom is -0.282 e. The van der Waals surface area contributed by atoms with E-state index < -0.39 is 0 Å². The van der Waals surface area contributed by atoms with Gasteiger partial charge in [-0.25, -0.2) is 0 Å². The van der Waals surface area contributed by atoms with Gasteiger partial charge in [0, 0.05) is 13.0 Å². The van der Waals surface area contributed by atoms with Crippen LogP contribution in [0.3, 0.4) is 0 Å². The van der Waals surface area contributed by atoms with Gasteiger partial charge in [-0.2, -0.15) is 0 Å². The van der Waals surface area contributed by atoms with Crippen LogP contribution in [0.4, 0.5) is 0 Å². The Hall–Kier alpha value is -0.510. The summed E-state index contributed by atoms with van der Waals surface area (Å²) in [4.78, 5) is 25.2. The molecule has 0 aliphatic carbocycles. The van der Waals surface area contributed by atoms with Crippen molar-refractivity contribution in [3.8, 4) is 0 Å². The summed E-state index contributed by atoms with van der Waals surface area (Å²) in [6.45, 7) is 4.88. The quantitative estimate of drug-likeness (QED) is 0.477. The summed E-state index contributed by atoms with van der Waals surface area (Å²) in [5.74, 6) is 1.08. The van der Waals surface area contributed by atoms with E-state index in [1.807, 2.05) is 0 Å². The Bertz CT molecular complexity index is 281. The number of carbonyl (C=O) groups excluding carboxylic acids is 2. The summed E-state index contributed by atoms with van der Waals surface area (Å²) in [5, 5.41) is -0.101. The molecule has 1 aliphatic rings. The topological polar surface area (TPSA) is 37.4 Å². The van der Waals surface area contributed by atoms with Crippen molar-refractivity contribution in [3.63, 3.8) is 0 Å². The van der Waals surface area contributed by atoms with Gasteiger partial charge in [-0.15, -0.1) is 11.8 Å². The van der Waals surface area contributed by atoms with Gasteiger partial charge in [-0.05, 0) is 18.6 Å². The number of thioether (sulfide) groups is 1. The molecule has 18 heavy (non-hydrogen) atoms. The van der Waals surface area contributed by atoms with Crippen molar-refractivity contribution in [1.82, 2.24) is 4.90 Å². The first-order chi connectivity index (χ1) is 8.70. The molecule has 0 spiro atoms. The summed E-state index contributed by atoms with van der Waals surface area (Å²) in [6.07, 6.45) is 7.25. The van der Waals surface area contributed by atoms with E-state index in [0.29, 0.717) is 13.0 Å². The van der Waals surface area contributed by atoms with Gasteiger partial charge < -0.3 is 0 Å². The van der Waals surface area contributed by atoms with Gasteiger partial charge in [0.05, 0.1) is 5.25 Å². The van der Waals surface area contributed by atoms with Crippen LogP contribution < -0.4 is 0 Å². The Morgan fingerprint density at radius 1 is 1.11 bits per heavy atom. The predicted molar refractivity (Wildman–Crippen MR) is 76.6 cm³/mol. The molecule has 4 heteroatoms. The van der Waals surface area contributed by atoms with E-state index in [-0.39, 0.29) is 17.1 Å². The molecule has 3 nitrogen and oxygen atoms in total. The first-order valence-electron chi connectivity index (χ1n) is 7.16. The van der Waals surface area contributed by atoms with E-state index in [1.54, 1.807) is 11.8 Å². The fourth-order valence-corrected chi connectivity index (χ4v) is 3.27. The van der Waals surface area contributed by atoms with Gasteiger partial charge in [-0.3, -0.25) is 14.5 Å². The van der Waals surface area contributed by atoms with E-state index >= 15 is 0 Å². The maximum atomic E-state index is 12.0. The summed E-state index contributed by atoms with van der Waals surface area (Å²) >= 11 is 1.67. The second kappa shape index (κ2) is 8.57. The zero-order valence-electron chi connectivity index (χ0n) is 11.6. The summed E-state index contributed by atoms with van der Waals surface area (Å²) < 4.78 is 0. The molecule has 1 unspecified atom stereocenters. The van der Waals surface area contributed by atoms with Gasteiger partial charge in [-0.1, -0.05) is 39.5 Å². The number of unbranched alkanes of at least 4 members (excludes halogenated alkanes) is 4. The van der Waals surface area contributed by atoms with Crippen molar-refractivity contribution >= 4 is 23.6 Å². The van der Waals surface area contributed by atoms with Crippen LogP contribution in [0.1, 0.15) is 58.8 Å². The number of nitrogens with zero attached hydrogens (tertiary/aromatic N) is 1.